The number of imide groups is 1. The van der Waals surface area contributed by atoms with E-state index in [4.69, 9.17) is 4.74 Å². The topological polar surface area (TPSA) is 116 Å². The number of piperazine rings is 1. The van der Waals surface area contributed by atoms with Crippen molar-refractivity contribution >= 4 is 27.7 Å². The molecular weight excluding hydrogens is 556 g/mol. The standard InChI is InChI=1S/C31H34N4O6S/c36-29-14-13-27(30(37)32-29)35-20-26-25(31(35)38)7-4-8-28(26)41-21-23-11-9-22(10-12-23)19-33-15-17-34(18-16-33)42(39,40)24-5-2-1-3-6-24/h1-12,26-28H,13-21H2,(H,32,36,37). The maximum Gasteiger partial charge on any atom is 0.250 e. The van der Waals surface area contributed by atoms with Gasteiger partial charge in [0.05, 0.1) is 17.6 Å². The van der Waals surface area contributed by atoms with Crippen LogP contribution in [0.4, 0.5) is 0 Å². The highest BCUT2D eigenvalue weighted by atomic mass is 32.2. The lowest BCUT2D eigenvalue weighted by molar-refractivity contribution is -0.142. The molecule has 3 unspecified atom stereocenters. The van der Waals surface area contributed by atoms with Crippen LogP contribution in [0.25, 0.3) is 0 Å². The van der Waals surface area contributed by atoms with E-state index in [9.17, 15) is 22.8 Å². The van der Waals surface area contributed by atoms with Gasteiger partial charge in [-0.1, -0.05) is 60.7 Å². The lowest BCUT2D eigenvalue weighted by Gasteiger charge is -2.34. The van der Waals surface area contributed by atoms with Crippen molar-refractivity contribution in [3.8, 4) is 0 Å². The molecule has 10 nitrogen and oxygen atoms in total. The van der Waals surface area contributed by atoms with E-state index in [0.29, 0.717) is 56.2 Å². The van der Waals surface area contributed by atoms with Crippen molar-refractivity contribution in [2.75, 3.05) is 32.7 Å². The van der Waals surface area contributed by atoms with Crippen LogP contribution >= 0.6 is 0 Å². The van der Waals surface area contributed by atoms with Crippen molar-refractivity contribution in [1.82, 2.24) is 19.4 Å². The predicted molar refractivity (Wildman–Crippen MR) is 154 cm³/mol. The summed E-state index contributed by atoms with van der Waals surface area (Å²) >= 11 is 0. The average Bonchev–Trinajstić information content (AvgIpc) is 3.34. The SMILES string of the molecule is O=C1CCC(N2CC3C(=CC=CC3OCc3ccc(CN4CCN(S(=O)(=O)c5ccccc5)CC4)cc3)C2=O)C(=O)N1. The summed E-state index contributed by atoms with van der Waals surface area (Å²) in [4.78, 5) is 41.2. The van der Waals surface area contributed by atoms with E-state index in [0.717, 1.165) is 17.7 Å². The molecule has 0 aromatic heterocycles. The maximum atomic E-state index is 13.1. The summed E-state index contributed by atoms with van der Waals surface area (Å²) in [5.74, 6) is -1.05. The molecule has 0 radical (unpaired) electrons. The average molecular weight is 591 g/mol. The van der Waals surface area contributed by atoms with E-state index >= 15 is 0 Å². The zero-order chi connectivity index (χ0) is 29.3. The molecule has 2 aromatic carbocycles. The fourth-order valence-electron chi connectivity index (χ4n) is 6.08. The van der Waals surface area contributed by atoms with Crippen LogP contribution in [-0.2, 0) is 42.3 Å². The van der Waals surface area contributed by atoms with Crippen LogP contribution in [0, 0.1) is 5.92 Å². The molecule has 2 aromatic rings. The second-order valence-electron chi connectivity index (χ2n) is 11.1. The van der Waals surface area contributed by atoms with E-state index in [2.05, 4.69) is 22.3 Å². The molecule has 1 N–H and O–H groups in total. The van der Waals surface area contributed by atoms with E-state index in [1.807, 2.05) is 30.4 Å². The van der Waals surface area contributed by atoms with E-state index in [1.54, 1.807) is 39.5 Å². The lowest BCUT2D eigenvalue weighted by Crippen LogP contribution is -2.53. The Balaban J connectivity index is 0.997. The Morgan fingerprint density at radius 3 is 2.33 bits per heavy atom. The minimum atomic E-state index is -3.47. The first-order valence-electron chi connectivity index (χ1n) is 14.3. The number of carbonyl (C=O) groups excluding carboxylic acids is 3. The zero-order valence-electron chi connectivity index (χ0n) is 23.2. The second-order valence-corrected chi connectivity index (χ2v) is 13.1. The van der Waals surface area contributed by atoms with Crippen LogP contribution in [-0.4, -0.2) is 85.1 Å². The largest absolute Gasteiger partial charge is 0.369 e. The van der Waals surface area contributed by atoms with E-state index in [-0.39, 0.29) is 30.3 Å². The van der Waals surface area contributed by atoms with Crippen LogP contribution in [0.3, 0.4) is 0 Å². The van der Waals surface area contributed by atoms with Gasteiger partial charge in [-0.2, -0.15) is 4.31 Å². The lowest BCUT2D eigenvalue weighted by atomic mass is 9.91. The number of nitrogens with zero attached hydrogens (tertiary/aromatic N) is 3. The molecule has 3 aliphatic heterocycles. The molecule has 3 saturated heterocycles. The van der Waals surface area contributed by atoms with Gasteiger partial charge in [0, 0.05) is 57.2 Å². The van der Waals surface area contributed by atoms with Crippen molar-refractivity contribution in [2.45, 2.75) is 43.0 Å². The molecule has 6 rings (SSSR count). The van der Waals surface area contributed by atoms with Crippen molar-refractivity contribution in [3.05, 3.63) is 89.5 Å². The Labute approximate surface area is 245 Å². The molecule has 1 aliphatic carbocycles. The number of nitrogens with one attached hydrogen (secondary N) is 1. The van der Waals surface area contributed by atoms with Gasteiger partial charge in [-0.25, -0.2) is 8.42 Å². The normalized spacial score (nSPS) is 25.3. The van der Waals surface area contributed by atoms with Gasteiger partial charge < -0.3 is 9.64 Å². The third-order valence-electron chi connectivity index (χ3n) is 8.44. The number of sulfonamides is 1. The summed E-state index contributed by atoms with van der Waals surface area (Å²) in [6.07, 6.45) is 5.84. The van der Waals surface area contributed by atoms with Gasteiger partial charge in [-0.3, -0.25) is 24.6 Å². The van der Waals surface area contributed by atoms with Crippen LogP contribution < -0.4 is 5.32 Å². The van der Waals surface area contributed by atoms with Gasteiger partial charge in [0.1, 0.15) is 6.04 Å². The van der Waals surface area contributed by atoms with E-state index in [1.165, 1.54) is 0 Å². The Kier molecular flexibility index (Phi) is 8.09. The molecule has 3 heterocycles. The summed E-state index contributed by atoms with van der Waals surface area (Å²) in [6, 6.07) is 16.1. The van der Waals surface area contributed by atoms with Crippen LogP contribution in [0.2, 0.25) is 0 Å². The Morgan fingerprint density at radius 1 is 0.905 bits per heavy atom. The van der Waals surface area contributed by atoms with Gasteiger partial charge in [-0.05, 0) is 29.7 Å². The quantitative estimate of drug-likeness (QED) is 0.467. The smallest absolute Gasteiger partial charge is 0.250 e. The van der Waals surface area contributed by atoms with Crippen LogP contribution in [0.15, 0.2) is 83.3 Å². The highest BCUT2D eigenvalue weighted by Crippen LogP contribution is 2.35. The highest BCUT2D eigenvalue weighted by Gasteiger charge is 2.46. The molecule has 42 heavy (non-hydrogen) atoms. The summed E-state index contributed by atoms with van der Waals surface area (Å²) in [5.41, 5.74) is 2.79. The number of fused-ring (bicyclic) bond motifs is 1. The third-order valence-corrected chi connectivity index (χ3v) is 10.4. The molecule has 4 aliphatic rings. The van der Waals surface area contributed by atoms with Crippen molar-refractivity contribution in [1.29, 1.82) is 0 Å². The Hall–Kier alpha value is -3.64. The summed E-state index contributed by atoms with van der Waals surface area (Å²) < 4.78 is 33.6. The van der Waals surface area contributed by atoms with Gasteiger partial charge in [0.2, 0.25) is 21.8 Å². The second kappa shape index (κ2) is 11.9. The Morgan fingerprint density at radius 2 is 1.62 bits per heavy atom. The molecule has 11 heteroatoms. The number of ether oxygens (including phenoxy) is 1. The number of hydrogen-bond donors (Lipinski definition) is 1. The molecular formula is C31H34N4O6S. The van der Waals surface area contributed by atoms with Crippen LogP contribution in [0.1, 0.15) is 24.0 Å². The summed E-state index contributed by atoms with van der Waals surface area (Å²) in [5, 5.41) is 2.34. The van der Waals surface area contributed by atoms with Gasteiger partial charge in [0.25, 0.3) is 5.91 Å². The predicted octanol–water partition coefficient (Wildman–Crippen LogP) is 1.84. The van der Waals surface area contributed by atoms with Crippen molar-refractivity contribution < 1.29 is 27.5 Å². The number of hydrogen-bond acceptors (Lipinski definition) is 7. The number of amides is 3. The molecule has 220 valence electrons. The molecule has 3 amide bonds. The van der Waals surface area contributed by atoms with Gasteiger partial charge in [0.15, 0.2) is 0 Å². The number of benzene rings is 2. The molecule has 0 spiro atoms. The fraction of sp³-hybridized carbons (Fsp3) is 0.387. The zero-order valence-corrected chi connectivity index (χ0v) is 24.0. The molecule has 0 saturated carbocycles. The first-order valence-corrected chi connectivity index (χ1v) is 15.7. The first-order chi connectivity index (χ1) is 20.3. The number of carbonyl (C=O) groups is 3. The first kappa shape index (κ1) is 28.5. The number of allylic oxidation sites excluding steroid dienone is 2. The summed E-state index contributed by atoms with van der Waals surface area (Å²) in [7, 11) is -3.47. The van der Waals surface area contributed by atoms with Gasteiger partial charge >= 0.3 is 0 Å². The third kappa shape index (κ3) is 5.82. The van der Waals surface area contributed by atoms with Crippen molar-refractivity contribution in [2.24, 2.45) is 5.92 Å². The molecule has 3 atom stereocenters. The number of likely N-dealkylation sites (tertiary alicyclic amines) is 1. The minimum Gasteiger partial charge on any atom is -0.369 e. The number of rotatable bonds is 8. The maximum absolute atomic E-state index is 13.1. The molecule has 0 bridgehead atoms. The fourth-order valence-corrected chi connectivity index (χ4v) is 7.52. The highest BCUT2D eigenvalue weighted by molar-refractivity contribution is 7.89. The Bertz CT molecular complexity index is 1510. The number of piperidine rings is 1. The van der Waals surface area contributed by atoms with Gasteiger partial charge in [-0.15, -0.1) is 0 Å². The minimum absolute atomic E-state index is 0.170. The van der Waals surface area contributed by atoms with E-state index < -0.39 is 22.0 Å². The molecule has 3 fully saturated rings. The van der Waals surface area contributed by atoms with Crippen molar-refractivity contribution in [3.63, 3.8) is 0 Å². The van der Waals surface area contributed by atoms with Crippen LogP contribution in [0.5, 0.6) is 0 Å². The summed E-state index contributed by atoms with van der Waals surface area (Å²) in [6.45, 7) is 3.73. The monoisotopic (exact) mass is 590 g/mol.